The minimum absolute atomic E-state index is 0.0392. The molecule has 0 unspecified atom stereocenters. The number of allylic oxidation sites excluding steroid dienone is 1. The Labute approximate surface area is 242 Å². The molecule has 40 heavy (non-hydrogen) atoms. The number of rotatable bonds is 9. The van der Waals surface area contributed by atoms with Crippen LogP contribution < -0.4 is 5.32 Å². The summed E-state index contributed by atoms with van der Waals surface area (Å²) in [6.07, 6.45) is 10.3. The number of carbonyl (C=O) groups excluding carboxylic acids is 2. The van der Waals surface area contributed by atoms with Crippen molar-refractivity contribution in [2.75, 3.05) is 13.1 Å². The predicted molar refractivity (Wildman–Crippen MR) is 160 cm³/mol. The lowest BCUT2D eigenvalue weighted by atomic mass is 9.45. The fourth-order valence-electron chi connectivity index (χ4n) is 8.50. The van der Waals surface area contributed by atoms with Gasteiger partial charge in [0, 0.05) is 48.3 Å². The van der Waals surface area contributed by atoms with Gasteiger partial charge in [-0.1, -0.05) is 39.8 Å². The lowest BCUT2D eigenvalue weighted by molar-refractivity contribution is -0.124. The van der Waals surface area contributed by atoms with Crippen LogP contribution in [0.3, 0.4) is 0 Å². The highest BCUT2D eigenvalue weighted by Crippen LogP contribution is 2.63. The van der Waals surface area contributed by atoms with E-state index in [1.54, 1.807) is 29.4 Å². The van der Waals surface area contributed by atoms with Gasteiger partial charge in [-0.25, -0.2) is 6.57 Å². The molecular weight excluding hydrogens is 496 g/mol. The van der Waals surface area contributed by atoms with Gasteiger partial charge in [0.05, 0.1) is 6.54 Å². The Bertz CT molecular complexity index is 1120. The Kier molecular flexibility index (Phi) is 9.12. The van der Waals surface area contributed by atoms with Crippen LogP contribution >= 0.6 is 0 Å². The molecule has 218 valence electrons. The van der Waals surface area contributed by atoms with Crippen molar-refractivity contribution in [2.45, 2.75) is 97.6 Å². The van der Waals surface area contributed by atoms with Gasteiger partial charge in [0.2, 0.25) is 11.4 Å². The highest BCUT2D eigenvalue weighted by Gasteiger charge is 2.64. The standard InChI is InChI=1S/C34H50N4O2/c1-22(2)14-18-38(32(40)26-12-16-36-17-13-26)21-29(39)37-33(6,7)20-27-19-24(4)28-10-9-25(5)34(35-8)15-11-23(3)30(27)31(28)34/h12-13,16-17,22,24-25,27-28,30-31H,3,9-11,14-15,18-21H2,1-2,4-7H3,(H,37,39)/t24-,25-,27-,28+,30-,31-,34-/m0/s1. The van der Waals surface area contributed by atoms with Crippen molar-refractivity contribution in [1.29, 1.82) is 0 Å². The summed E-state index contributed by atoms with van der Waals surface area (Å²) in [4.78, 5) is 36.8. The average Bonchev–Trinajstić information content (AvgIpc) is 2.90. The molecule has 0 spiro atoms. The lowest BCUT2D eigenvalue weighted by Crippen LogP contribution is -2.60. The molecule has 0 radical (unpaired) electrons. The topological polar surface area (TPSA) is 66.7 Å². The highest BCUT2D eigenvalue weighted by molar-refractivity contribution is 5.96. The Morgan fingerprint density at radius 2 is 1.95 bits per heavy atom. The zero-order chi connectivity index (χ0) is 29.2. The first-order chi connectivity index (χ1) is 18.9. The summed E-state index contributed by atoms with van der Waals surface area (Å²) in [6, 6.07) is 3.41. The van der Waals surface area contributed by atoms with Crippen LogP contribution in [-0.4, -0.2) is 45.9 Å². The first-order valence-electron chi connectivity index (χ1n) is 15.4. The van der Waals surface area contributed by atoms with Gasteiger partial charge >= 0.3 is 0 Å². The third kappa shape index (κ3) is 6.14. The number of nitrogens with zero attached hydrogens (tertiary/aromatic N) is 3. The lowest BCUT2D eigenvalue weighted by Gasteiger charge is -2.58. The van der Waals surface area contributed by atoms with Crippen LogP contribution in [0.25, 0.3) is 4.85 Å². The zero-order valence-electron chi connectivity index (χ0n) is 25.6. The van der Waals surface area contributed by atoms with Crippen molar-refractivity contribution < 1.29 is 9.59 Å². The van der Waals surface area contributed by atoms with Crippen molar-refractivity contribution in [3.05, 3.63) is 53.7 Å². The molecule has 1 aromatic rings. The van der Waals surface area contributed by atoms with Gasteiger partial charge in [-0.05, 0) is 94.1 Å². The summed E-state index contributed by atoms with van der Waals surface area (Å²) in [5, 5.41) is 3.30. The van der Waals surface area contributed by atoms with E-state index >= 15 is 0 Å². The molecule has 3 aliphatic rings. The van der Waals surface area contributed by atoms with E-state index < -0.39 is 5.54 Å². The van der Waals surface area contributed by atoms with Gasteiger partial charge < -0.3 is 15.1 Å². The van der Waals surface area contributed by atoms with Crippen LogP contribution in [0.1, 0.15) is 96.8 Å². The first-order valence-corrected chi connectivity index (χ1v) is 15.4. The molecule has 6 nitrogen and oxygen atoms in total. The van der Waals surface area contributed by atoms with Crippen molar-refractivity contribution in [3.8, 4) is 0 Å². The van der Waals surface area contributed by atoms with Crippen molar-refractivity contribution in [3.63, 3.8) is 0 Å². The second-order valence-electron chi connectivity index (χ2n) is 14.2. The van der Waals surface area contributed by atoms with Crippen LogP contribution in [0.2, 0.25) is 0 Å². The van der Waals surface area contributed by atoms with E-state index in [9.17, 15) is 9.59 Å². The molecule has 1 aromatic heterocycles. The van der Waals surface area contributed by atoms with Gasteiger partial charge in [-0.2, -0.15) is 0 Å². The van der Waals surface area contributed by atoms with Crippen molar-refractivity contribution >= 4 is 11.8 Å². The van der Waals surface area contributed by atoms with Crippen LogP contribution in [0, 0.1) is 48.0 Å². The molecule has 7 atom stereocenters. The number of nitrogens with one attached hydrogen (secondary N) is 1. The van der Waals surface area contributed by atoms with Crippen molar-refractivity contribution in [1.82, 2.24) is 15.2 Å². The molecule has 1 heterocycles. The van der Waals surface area contributed by atoms with Crippen LogP contribution in [-0.2, 0) is 4.79 Å². The van der Waals surface area contributed by atoms with E-state index in [1.165, 1.54) is 12.0 Å². The third-order valence-corrected chi connectivity index (χ3v) is 10.4. The summed E-state index contributed by atoms with van der Waals surface area (Å²) in [5.41, 5.74) is 1.18. The van der Waals surface area contributed by atoms with E-state index in [-0.39, 0.29) is 23.9 Å². The largest absolute Gasteiger partial charge is 0.350 e. The van der Waals surface area contributed by atoms with E-state index in [2.05, 4.69) is 63.3 Å². The molecule has 6 heteroatoms. The van der Waals surface area contributed by atoms with Gasteiger partial charge in [-0.3, -0.25) is 14.6 Å². The molecule has 3 fully saturated rings. The van der Waals surface area contributed by atoms with E-state index in [1.807, 2.05) is 0 Å². The van der Waals surface area contributed by atoms with E-state index in [0.717, 1.165) is 38.5 Å². The summed E-state index contributed by atoms with van der Waals surface area (Å²) < 4.78 is 0. The molecule has 2 amide bonds. The average molecular weight is 547 g/mol. The molecular formula is C34H50N4O2. The Hall–Kier alpha value is -2.68. The molecule has 3 aliphatic carbocycles. The van der Waals surface area contributed by atoms with Crippen LogP contribution in [0.5, 0.6) is 0 Å². The maximum Gasteiger partial charge on any atom is 0.254 e. The molecule has 4 rings (SSSR count). The predicted octanol–water partition coefficient (Wildman–Crippen LogP) is 6.80. The summed E-state index contributed by atoms with van der Waals surface area (Å²) >= 11 is 0. The van der Waals surface area contributed by atoms with Crippen molar-refractivity contribution in [2.24, 2.45) is 41.4 Å². The number of hydrogen-bond donors (Lipinski definition) is 1. The zero-order valence-corrected chi connectivity index (χ0v) is 25.6. The Balaban J connectivity index is 1.49. The molecule has 1 N–H and O–H groups in total. The number of amides is 2. The SMILES string of the molecule is [C-]#[N+][C@@]12CCC(=C)[C@H]3[C@H](CC(C)(C)NC(=O)CN(CCC(C)C)C(=O)c4ccncc4)C[C@H](C)[C@@H](CC[C@@H]1C)[C@@H]32. The molecule has 3 saturated carbocycles. The monoisotopic (exact) mass is 546 g/mol. The Morgan fingerprint density at radius 3 is 2.60 bits per heavy atom. The fourth-order valence-corrected chi connectivity index (χ4v) is 8.50. The van der Waals surface area contributed by atoms with Crippen LogP contribution in [0.15, 0.2) is 36.7 Å². The smallest absolute Gasteiger partial charge is 0.254 e. The number of carbonyl (C=O) groups is 2. The molecule has 0 bridgehead atoms. The highest BCUT2D eigenvalue weighted by atomic mass is 16.2. The third-order valence-electron chi connectivity index (χ3n) is 10.4. The minimum Gasteiger partial charge on any atom is -0.350 e. The second kappa shape index (κ2) is 12.0. The number of aromatic nitrogens is 1. The quantitative estimate of drug-likeness (QED) is 0.274. The van der Waals surface area contributed by atoms with E-state index in [4.69, 9.17) is 6.57 Å². The molecule has 0 saturated heterocycles. The Morgan fingerprint density at radius 1 is 1.25 bits per heavy atom. The number of hydrogen-bond acceptors (Lipinski definition) is 3. The number of pyridine rings is 1. The summed E-state index contributed by atoms with van der Waals surface area (Å²) in [7, 11) is 0. The van der Waals surface area contributed by atoms with Gasteiger partial charge in [0.1, 0.15) is 0 Å². The summed E-state index contributed by atoms with van der Waals surface area (Å²) in [6.45, 7) is 26.6. The van der Waals surface area contributed by atoms with Gasteiger partial charge in [-0.15, -0.1) is 0 Å². The molecule has 0 aliphatic heterocycles. The minimum atomic E-state index is -0.434. The molecule has 0 aromatic carbocycles. The van der Waals surface area contributed by atoms with E-state index in [0.29, 0.717) is 53.5 Å². The van der Waals surface area contributed by atoms with Gasteiger partial charge in [0.25, 0.3) is 5.91 Å². The fraction of sp³-hybridized carbons (Fsp3) is 0.706. The maximum atomic E-state index is 13.4. The van der Waals surface area contributed by atoms with Gasteiger partial charge in [0.15, 0.2) is 0 Å². The van der Waals surface area contributed by atoms with Crippen LogP contribution in [0.4, 0.5) is 0 Å². The first kappa shape index (κ1) is 30.3. The summed E-state index contributed by atoms with van der Waals surface area (Å²) in [5.74, 6) is 2.87. The second-order valence-corrected chi connectivity index (χ2v) is 14.2. The maximum absolute atomic E-state index is 13.4. The normalized spacial score (nSPS) is 31.7.